The molecule has 14 heavy (non-hydrogen) atoms. The van der Waals surface area contributed by atoms with Crippen LogP contribution in [-0.4, -0.2) is 0 Å². The first-order valence-electron chi connectivity index (χ1n) is 6.72. The van der Waals surface area contributed by atoms with Crippen LogP contribution in [-0.2, 0) is 0 Å². The normalized spacial score (nSPS) is 48.6. The minimum Gasteiger partial charge on any atom is -0.0651 e. The number of fused-ring (bicyclic) bond motifs is 1. The van der Waals surface area contributed by atoms with Gasteiger partial charge in [0.2, 0.25) is 0 Å². The summed E-state index contributed by atoms with van der Waals surface area (Å²) >= 11 is 0. The largest absolute Gasteiger partial charge is 0.0651 e. The Morgan fingerprint density at radius 2 is 1.79 bits per heavy atom. The number of rotatable bonds is 1. The molecule has 0 aromatic carbocycles. The van der Waals surface area contributed by atoms with Crippen molar-refractivity contribution in [3.05, 3.63) is 0 Å². The maximum atomic E-state index is 2.49. The summed E-state index contributed by atoms with van der Waals surface area (Å²) in [5.41, 5.74) is 0. The molecule has 0 heterocycles. The highest BCUT2D eigenvalue weighted by atomic mass is 14.4. The molecule has 2 aliphatic carbocycles. The van der Waals surface area contributed by atoms with E-state index in [1.54, 1.807) is 0 Å². The van der Waals surface area contributed by atoms with Crippen LogP contribution < -0.4 is 0 Å². The predicted molar refractivity (Wildman–Crippen MR) is 62.2 cm³/mol. The third-order valence-electron chi connectivity index (χ3n) is 5.05. The zero-order valence-corrected chi connectivity index (χ0v) is 10.1. The maximum absolute atomic E-state index is 2.49. The van der Waals surface area contributed by atoms with Gasteiger partial charge < -0.3 is 0 Å². The number of hydrogen-bond acceptors (Lipinski definition) is 0. The van der Waals surface area contributed by atoms with Gasteiger partial charge in [0.1, 0.15) is 0 Å². The lowest BCUT2D eigenvalue weighted by Crippen LogP contribution is -2.37. The SMILES string of the molecule is CCC1C(C)CCC2CC(C)CCC21. The van der Waals surface area contributed by atoms with Gasteiger partial charge in [0.25, 0.3) is 0 Å². The van der Waals surface area contributed by atoms with Gasteiger partial charge in [0.15, 0.2) is 0 Å². The van der Waals surface area contributed by atoms with E-state index >= 15 is 0 Å². The second-order valence-electron chi connectivity index (χ2n) is 5.97. The average Bonchev–Trinajstić information content (AvgIpc) is 2.18. The lowest BCUT2D eigenvalue weighted by atomic mass is 9.60. The molecule has 0 amide bonds. The van der Waals surface area contributed by atoms with Crippen molar-refractivity contribution in [2.45, 2.75) is 59.3 Å². The van der Waals surface area contributed by atoms with Crippen LogP contribution in [0.25, 0.3) is 0 Å². The van der Waals surface area contributed by atoms with Crippen molar-refractivity contribution < 1.29 is 0 Å². The first-order valence-corrected chi connectivity index (χ1v) is 6.72. The maximum Gasteiger partial charge on any atom is -0.0355 e. The van der Waals surface area contributed by atoms with Gasteiger partial charge in [-0.15, -0.1) is 0 Å². The number of hydrogen-bond donors (Lipinski definition) is 0. The molecule has 82 valence electrons. The summed E-state index contributed by atoms with van der Waals surface area (Å²) in [6.07, 6.45) is 9.04. The Morgan fingerprint density at radius 3 is 2.50 bits per heavy atom. The van der Waals surface area contributed by atoms with Crippen molar-refractivity contribution in [1.82, 2.24) is 0 Å². The van der Waals surface area contributed by atoms with E-state index < -0.39 is 0 Å². The van der Waals surface area contributed by atoms with Crippen LogP contribution in [0.2, 0.25) is 0 Å². The third kappa shape index (κ3) is 1.85. The van der Waals surface area contributed by atoms with Gasteiger partial charge in [0, 0.05) is 0 Å². The third-order valence-corrected chi connectivity index (χ3v) is 5.05. The highest BCUT2D eigenvalue weighted by Gasteiger charge is 2.38. The molecule has 2 saturated carbocycles. The van der Waals surface area contributed by atoms with E-state index in [4.69, 9.17) is 0 Å². The highest BCUT2D eigenvalue weighted by Crippen LogP contribution is 2.48. The fraction of sp³-hybridized carbons (Fsp3) is 1.00. The topological polar surface area (TPSA) is 0 Å². The first-order chi connectivity index (χ1) is 6.72. The van der Waals surface area contributed by atoms with Crippen LogP contribution >= 0.6 is 0 Å². The Kier molecular flexibility index (Phi) is 3.19. The minimum absolute atomic E-state index is 1.01. The van der Waals surface area contributed by atoms with Crippen LogP contribution in [0.4, 0.5) is 0 Å². The fourth-order valence-corrected chi connectivity index (χ4v) is 4.24. The van der Waals surface area contributed by atoms with Crippen molar-refractivity contribution in [3.63, 3.8) is 0 Å². The summed E-state index contributed by atoms with van der Waals surface area (Å²) < 4.78 is 0. The van der Waals surface area contributed by atoms with E-state index in [-0.39, 0.29) is 0 Å². The second kappa shape index (κ2) is 4.24. The molecule has 0 saturated heterocycles. The molecule has 0 spiro atoms. The molecule has 0 N–H and O–H groups in total. The van der Waals surface area contributed by atoms with Gasteiger partial charge in [-0.25, -0.2) is 0 Å². The molecule has 2 rings (SSSR count). The van der Waals surface area contributed by atoms with Gasteiger partial charge >= 0.3 is 0 Å². The van der Waals surface area contributed by atoms with E-state index in [9.17, 15) is 0 Å². The van der Waals surface area contributed by atoms with E-state index in [0.29, 0.717) is 0 Å². The first kappa shape index (κ1) is 10.5. The summed E-state index contributed by atoms with van der Waals surface area (Å²) in [7, 11) is 0. The van der Waals surface area contributed by atoms with Gasteiger partial charge in [0.05, 0.1) is 0 Å². The van der Waals surface area contributed by atoms with Crippen LogP contribution in [0.3, 0.4) is 0 Å². The monoisotopic (exact) mass is 194 g/mol. The van der Waals surface area contributed by atoms with E-state index in [2.05, 4.69) is 20.8 Å². The van der Waals surface area contributed by atoms with Crippen molar-refractivity contribution in [3.8, 4) is 0 Å². The zero-order valence-electron chi connectivity index (χ0n) is 10.1. The highest BCUT2D eigenvalue weighted by molar-refractivity contribution is 4.89. The lowest BCUT2D eigenvalue weighted by Gasteiger charge is -2.46. The molecule has 0 aliphatic heterocycles. The van der Waals surface area contributed by atoms with Crippen LogP contribution in [0, 0.1) is 29.6 Å². The minimum atomic E-state index is 1.01. The Hall–Kier alpha value is 0. The second-order valence-corrected chi connectivity index (χ2v) is 5.97. The molecule has 2 fully saturated rings. The lowest BCUT2D eigenvalue weighted by molar-refractivity contribution is 0.0422. The van der Waals surface area contributed by atoms with Crippen molar-refractivity contribution in [2.24, 2.45) is 29.6 Å². The summed E-state index contributed by atoms with van der Waals surface area (Å²) in [5, 5.41) is 0. The molecule has 0 aromatic heterocycles. The molecule has 5 atom stereocenters. The molecule has 0 radical (unpaired) electrons. The summed E-state index contributed by atoms with van der Waals surface area (Å²) in [4.78, 5) is 0. The molecule has 0 aromatic rings. The van der Waals surface area contributed by atoms with Crippen LogP contribution in [0.1, 0.15) is 59.3 Å². The smallest absolute Gasteiger partial charge is 0.0355 e. The fourth-order valence-electron chi connectivity index (χ4n) is 4.24. The molecular formula is C14H26. The van der Waals surface area contributed by atoms with Crippen LogP contribution in [0.15, 0.2) is 0 Å². The Morgan fingerprint density at radius 1 is 1.00 bits per heavy atom. The van der Waals surface area contributed by atoms with Gasteiger partial charge in [-0.05, 0) is 48.9 Å². The molecule has 0 heteroatoms. The Labute approximate surface area is 89.5 Å². The Bertz CT molecular complexity index is 184. The molecule has 0 nitrogen and oxygen atoms in total. The van der Waals surface area contributed by atoms with Crippen LogP contribution in [0.5, 0.6) is 0 Å². The van der Waals surface area contributed by atoms with Crippen molar-refractivity contribution >= 4 is 0 Å². The summed E-state index contributed by atoms with van der Waals surface area (Å²) in [6.45, 7) is 7.35. The standard InChI is InChI=1S/C14H26/c1-4-13-11(3)6-7-12-9-10(2)5-8-14(12)13/h10-14H,4-9H2,1-3H3. The molecule has 2 aliphatic rings. The Balaban J connectivity index is 2.04. The zero-order chi connectivity index (χ0) is 10.1. The van der Waals surface area contributed by atoms with E-state index in [1.807, 2.05) is 0 Å². The van der Waals surface area contributed by atoms with Gasteiger partial charge in [-0.2, -0.15) is 0 Å². The summed E-state index contributed by atoms with van der Waals surface area (Å²) in [5.74, 6) is 5.28. The van der Waals surface area contributed by atoms with Crippen molar-refractivity contribution in [1.29, 1.82) is 0 Å². The molecular weight excluding hydrogens is 168 g/mol. The van der Waals surface area contributed by atoms with E-state index in [0.717, 1.165) is 29.6 Å². The van der Waals surface area contributed by atoms with E-state index in [1.165, 1.54) is 38.5 Å². The molecule has 5 unspecified atom stereocenters. The van der Waals surface area contributed by atoms with Gasteiger partial charge in [-0.1, -0.05) is 40.0 Å². The summed E-state index contributed by atoms with van der Waals surface area (Å²) in [6, 6.07) is 0. The van der Waals surface area contributed by atoms with Crippen molar-refractivity contribution in [2.75, 3.05) is 0 Å². The van der Waals surface area contributed by atoms with Gasteiger partial charge in [-0.3, -0.25) is 0 Å². The molecule has 0 bridgehead atoms. The quantitative estimate of drug-likeness (QED) is 0.577. The predicted octanol–water partition coefficient (Wildman–Crippen LogP) is 4.49. The average molecular weight is 194 g/mol.